The van der Waals surface area contributed by atoms with E-state index in [-0.39, 0.29) is 11.9 Å². The minimum atomic E-state index is -0.0644. The molecule has 2 aromatic rings. The largest absolute Gasteiger partial charge is 0.374 e. The van der Waals surface area contributed by atoms with Crippen LogP contribution in [0.1, 0.15) is 46.8 Å². The number of hydrogen-bond donors (Lipinski definition) is 1. The lowest BCUT2D eigenvalue weighted by Crippen LogP contribution is -2.40. The molecule has 1 amide bonds. The first-order chi connectivity index (χ1) is 13.6. The molecule has 4 rings (SSSR count). The number of fused-ring (bicyclic) bond motifs is 1. The van der Waals surface area contributed by atoms with Crippen molar-refractivity contribution in [3.63, 3.8) is 0 Å². The second-order valence-corrected chi connectivity index (χ2v) is 8.33. The Kier molecular flexibility index (Phi) is 5.88. The number of likely N-dealkylation sites (tertiary alicyclic amines) is 1. The van der Waals surface area contributed by atoms with Crippen molar-refractivity contribution in [2.24, 2.45) is 0 Å². The minimum Gasteiger partial charge on any atom is -0.374 e. The van der Waals surface area contributed by atoms with Crippen molar-refractivity contribution in [1.29, 1.82) is 0 Å². The topological polar surface area (TPSA) is 35.6 Å². The van der Waals surface area contributed by atoms with Gasteiger partial charge >= 0.3 is 0 Å². The van der Waals surface area contributed by atoms with E-state index in [1.807, 2.05) is 12.1 Å². The maximum absolute atomic E-state index is 12.7. The van der Waals surface area contributed by atoms with Gasteiger partial charge in [0.25, 0.3) is 5.91 Å². The first-order valence-corrected chi connectivity index (χ1v) is 10.6. The summed E-state index contributed by atoms with van der Waals surface area (Å²) >= 11 is 6.04. The predicted octanol–water partition coefficient (Wildman–Crippen LogP) is 4.29. The van der Waals surface area contributed by atoms with Crippen LogP contribution in [-0.2, 0) is 6.42 Å². The molecule has 1 N–H and O–H groups in total. The third kappa shape index (κ3) is 4.18. The first-order valence-electron chi connectivity index (χ1n) is 10.2. The summed E-state index contributed by atoms with van der Waals surface area (Å²) in [5.74, 6) is -0.0644. The Labute approximate surface area is 172 Å². The van der Waals surface area contributed by atoms with E-state index in [9.17, 15) is 4.79 Å². The van der Waals surface area contributed by atoms with Crippen molar-refractivity contribution in [3.05, 3.63) is 64.2 Å². The van der Waals surface area contributed by atoms with Gasteiger partial charge in [0.15, 0.2) is 0 Å². The predicted molar refractivity (Wildman–Crippen MR) is 115 cm³/mol. The zero-order valence-electron chi connectivity index (χ0n) is 16.5. The van der Waals surface area contributed by atoms with Gasteiger partial charge in [0.05, 0.1) is 6.04 Å². The van der Waals surface area contributed by atoms with Crippen molar-refractivity contribution >= 4 is 23.2 Å². The number of amides is 1. The van der Waals surface area contributed by atoms with Crippen molar-refractivity contribution < 1.29 is 4.79 Å². The molecule has 0 spiro atoms. The van der Waals surface area contributed by atoms with Crippen LogP contribution in [0, 0.1) is 0 Å². The molecule has 0 aromatic heterocycles. The standard InChI is InChI=1S/C23H28ClN3O/c1-26-13-10-18-14-17(8-9-21(18)26)22(27-11-3-2-4-12-27)16-25-23(28)19-6-5-7-20(24)15-19/h5-9,14-15,22H,2-4,10-13,16H2,1H3,(H,25,28)/t22-/m0/s1. The van der Waals surface area contributed by atoms with Crippen LogP contribution in [0.25, 0.3) is 0 Å². The van der Waals surface area contributed by atoms with E-state index in [0.29, 0.717) is 17.1 Å². The molecule has 5 heteroatoms. The van der Waals surface area contributed by atoms with Crippen molar-refractivity contribution in [1.82, 2.24) is 10.2 Å². The number of piperidine rings is 1. The summed E-state index contributed by atoms with van der Waals surface area (Å²) in [6, 6.07) is 14.2. The molecule has 2 aliphatic rings. The molecule has 2 aliphatic heterocycles. The Bertz CT molecular complexity index is 847. The van der Waals surface area contributed by atoms with E-state index in [1.54, 1.807) is 12.1 Å². The maximum atomic E-state index is 12.7. The molecular formula is C23H28ClN3O. The quantitative estimate of drug-likeness (QED) is 0.817. The van der Waals surface area contributed by atoms with Gasteiger partial charge in [0.2, 0.25) is 0 Å². The van der Waals surface area contributed by atoms with Crippen LogP contribution < -0.4 is 10.2 Å². The fourth-order valence-electron chi connectivity index (χ4n) is 4.40. The zero-order chi connectivity index (χ0) is 19.5. The van der Waals surface area contributed by atoms with Gasteiger partial charge in [-0.05, 0) is 67.7 Å². The number of carbonyl (C=O) groups is 1. The van der Waals surface area contributed by atoms with E-state index >= 15 is 0 Å². The highest BCUT2D eigenvalue weighted by Crippen LogP contribution is 2.32. The molecule has 28 heavy (non-hydrogen) atoms. The van der Waals surface area contributed by atoms with Crippen LogP contribution >= 0.6 is 11.6 Å². The third-order valence-electron chi connectivity index (χ3n) is 5.99. The van der Waals surface area contributed by atoms with E-state index in [4.69, 9.17) is 11.6 Å². The van der Waals surface area contributed by atoms with Gasteiger partial charge in [-0.1, -0.05) is 36.2 Å². The molecule has 0 saturated carbocycles. The minimum absolute atomic E-state index is 0.0644. The summed E-state index contributed by atoms with van der Waals surface area (Å²) in [5.41, 5.74) is 4.68. The highest BCUT2D eigenvalue weighted by atomic mass is 35.5. The molecule has 0 unspecified atom stereocenters. The molecule has 1 atom stereocenters. The van der Waals surface area contributed by atoms with Crippen molar-refractivity contribution in [3.8, 4) is 0 Å². The number of rotatable bonds is 5. The second kappa shape index (κ2) is 8.54. The lowest BCUT2D eigenvalue weighted by atomic mass is 9.98. The van der Waals surface area contributed by atoms with Crippen LogP contribution in [-0.4, -0.2) is 44.0 Å². The molecule has 4 nitrogen and oxygen atoms in total. The SMILES string of the molecule is CN1CCc2cc([C@H](CNC(=O)c3cccc(Cl)c3)N3CCCCC3)ccc21. The second-order valence-electron chi connectivity index (χ2n) is 7.89. The summed E-state index contributed by atoms with van der Waals surface area (Å²) in [6.45, 7) is 3.88. The Balaban J connectivity index is 1.53. The zero-order valence-corrected chi connectivity index (χ0v) is 17.2. The van der Waals surface area contributed by atoms with Gasteiger partial charge in [-0.3, -0.25) is 9.69 Å². The summed E-state index contributed by atoms with van der Waals surface area (Å²) in [6.07, 6.45) is 4.85. The van der Waals surface area contributed by atoms with Crippen LogP contribution in [0.5, 0.6) is 0 Å². The normalized spacial score (nSPS) is 18.0. The highest BCUT2D eigenvalue weighted by molar-refractivity contribution is 6.30. The molecule has 0 bridgehead atoms. The number of halogens is 1. The van der Waals surface area contributed by atoms with Crippen LogP contribution in [0.15, 0.2) is 42.5 Å². The van der Waals surface area contributed by atoms with Gasteiger partial charge < -0.3 is 10.2 Å². The number of nitrogens with one attached hydrogen (secondary N) is 1. The molecule has 0 aliphatic carbocycles. The lowest BCUT2D eigenvalue weighted by molar-refractivity contribution is 0.0924. The molecule has 2 aromatic carbocycles. The van der Waals surface area contributed by atoms with Crippen molar-refractivity contribution in [2.45, 2.75) is 31.7 Å². The molecule has 2 heterocycles. The van der Waals surface area contributed by atoms with Gasteiger partial charge in [-0.25, -0.2) is 0 Å². The average molecular weight is 398 g/mol. The number of benzene rings is 2. The average Bonchev–Trinajstić information content (AvgIpc) is 3.09. The fourth-order valence-corrected chi connectivity index (χ4v) is 4.59. The van der Waals surface area contributed by atoms with Gasteiger partial charge in [-0.15, -0.1) is 0 Å². The Morgan fingerprint density at radius 1 is 1.11 bits per heavy atom. The van der Waals surface area contributed by atoms with Crippen LogP contribution in [0.3, 0.4) is 0 Å². The maximum Gasteiger partial charge on any atom is 0.251 e. The van der Waals surface area contributed by atoms with Gasteiger partial charge in [-0.2, -0.15) is 0 Å². The number of nitrogens with zero attached hydrogens (tertiary/aromatic N) is 2. The van der Waals surface area contributed by atoms with Gasteiger partial charge in [0, 0.05) is 36.4 Å². The summed E-state index contributed by atoms with van der Waals surface area (Å²) < 4.78 is 0. The number of likely N-dealkylation sites (N-methyl/N-ethyl adjacent to an activating group) is 1. The smallest absolute Gasteiger partial charge is 0.251 e. The van der Waals surface area contributed by atoms with Crippen molar-refractivity contribution in [2.75, 3.05) is 38.1 Å². The summed E-state index contributed by atoms with van der Waals surface area (Å²) in [4.78, 5) is 17.5. The Hall–Kier alpha value is -2.04. The molecule has 1 saturated heterocycles. The van der Waals surface area contributed by atoms with E-state index in [0.717, 1.165) is 26.1 Å². The number of hydrogen-bond acceptors (Lipinski definition) is 3. The Morgan fingerprint density at radius 2 is 1.93 bits per heavy atom. The molecule has 0 radical (unpaired) electrons. The van der Waals surface area contributed by atoms with Crippen LogP contribution in [0.4, 0.5) is 5.69 Å². The summed E-state index contributed by atoms with van der Waals surface area (Å²) in [7, 11) is 2.15. The van der Waals surface area contributed by atoms with Crippen LogP contribution in [0.2, 0.25) is 5.02 Å². The summed E-state index contributed by atoms with van der Waals surface area (Å²) in [5, 5.41) is 3.73. The van der Waals surface area contributed by atoms with E-state index in [1.165, 1.54) is 36.1 Å². The third-order valence-corrected chi connectivity index (χ3v) is 6.23. The monoisotopic (exact) mass is 397 g/mol. The van der Waals surface area contributed by atoms with E-state index in [2.05, 4.69) is 40.4 Å². The number of carbonyl (C=O) groups excluding carboxylic acids is 1. The van der Waals surface area contributed by atoms with Gasteiger partial charge in [0.1, 0.15) is 0 Å². The number of anilines is 1. The lowest BCUT2D eigenvalue weighted by Gasteiger charge is -2.35. The Morgan fingerprint density at radius 3 is 2.71 bits per heavy atom. The molecular weight excluding hydrogens is 370 g/mol. The molecule has 148 valence electrons. The highest BCUT2D eigenvalue weighted by Gasteiger charge is 2.25. The van der Waals surface area contributed by atoms with E-state index < -0.39 is 0 Å². The fraction of sp³-hybridized carbons (Fsp3) is 0.435. The first kappa shape index (κ1) is 19.3. The molecule has 1 fully saturated rings.